The third-order valence-electron chi connectivity index (χ3n) is 14.3. The van der Waals surface area contributed by atoms with Gasteiger partial charge in [-0.3, -0.25) is 9.38 Å². The van der Waals surface area contributed by atoms with Crippen molar-refractivity contribution in [3.05, 3.63) is 225 Å². The monoisotopic (exact) mass is 879 g/mol. The van der Waals surface area contributed by atoms with Crippen LogP contribution in [0.5, 0.6) is 0 Å². The van der Waals surface area contributed by atoms with Crippen molar-refractivity contribution >= 4 is 113 Å². The van der Waals surface area contributed by atoms with E-state index in [2.05, 4.69) is 217 Å². The number of hydrogen-bond donors (Lipinski definition) is 0. The van der Waals surface area contributed by atoms with Crippen molar-refractivity contribution in [2.45, 2.75) is 0 Å². The highest BCUT2D eigenvalue weighted by atomic mass is 32.1. The molecule has 0 aliphatic carbocycles. The fourth-order valence-corrected chi connectivity index (χ4v) is 12.2. The molecule has 0 aliphatic heterocycles. The maximum atomic E-state index is 5.47. The van der Waals surface area contributed by atoms with E-state index in [-0.39, 0.29) is 0 Å². The number of benzene rings is 11. The van der Waals surface area contributed by atoms with Crippen LogP contribution in [-0.2, 0) is 0 Å². The predicted molar refractivity (Wildman–Crippen MR) is 290 cm³/mol. The summed E-state index contributed by atoms with van der Waals surface area (Å²) in [5.41, 5.74) is 13.7. The average Bonchev–Trinajstić information content (AvgIpc) is 3.95. The third-order valence-corrected chi connectivity index (χ3v) is 15.5. The van der Waals surface area contributed by atoms with Crippen molar-refractivity contribution in [3.63, 3.8) is 0 Å². The lowest BCUT2D eigenvalue weighted by atomic mass is 9.90. The minimum Gasteiger partial charge on any atom is -0.291 e. The molecule has 0 fully saturated rings. The second kappa shape index (κ2) is 14.4. The van der Waals surface area contributed by atoms with Crippen molar-refractivity contribution in [1.82, 2.24) is 14.4 Å². The molecule has 3 nitrogen and oxygen atoms in total. The Balaban J connectivity index is 0.860. The molecule has 0 unspecified atom stereocenters. The molecule has 0 amide bonds. The van der Waals surface area contributed by atoms with Gasteiger partial charge in [-0.1, -0.05) is 164 Å². The Morgan fingerprint density at radius 3 is 1.54 bits per heavy atom. The van der Waals surface area contributed by atoms with Crippen LogP contribution in [0.1, 0.15) is 0 Å². The van der Waals surface area contributed by atoms with E-state index >= 15 is 0 Å². The van der Waals surface area contributed by atoms with Crippen LogP contribution < -0.4 is 0 Å². The van der Waals surface area contributed by atoms with Gasteiger partial charge in [0.25, 0.3) is 0 Å². The lowest BCUT2D eigenvalue weighted by molar-refractivity contribution is 1.25. The molecule has 4 heteroatoms. The molecule has 314 valence electrons. The Morgan fingerprint density at radius 2 is 0.882 bits per heavy atom. The Labute approximate surface area is 394 Å². The molecule has 15 rings (SSSR count). The second-order valence-electron chi connectivity index (χ2n) is 18.1. The van der Waals surface area contributed by atoms with E-state index in [4.69, 9.17) is 9.97 Å². The summed E-state index contributed by atoms with van der Waals surface area (Å²) in [6.07, 6.45) is 1.88. The fraction of sp³-hybridized carbons (Fsp3) is 0. The summed E-state index contributed by atoms with van der Waals surface area (Å²) in [7, 11) is 0. The summed E-state index contributed by atoms with van der Waals surface area (Å²) in [6.45, 7) is 0. The summed E-state index contributed by atoms with van der Waals surface area (Å²) in [4.78, 5) is 10.2. The highest BCUT2D eigenvalue weighted by Crippen LogP contribution is 2.44. The molecule has 0 bridgehead atoms. The van der Waals surface area contributed by atoms with Gasteiger partial charge in [0, 0.05) is 32.4 Å². The first-order chi connectivity index (χ1) is 33.7. The van der Waals surface area contributed by atoms with Crippen LogP contribution >= 0.6 is 11.3 Å². The number of nitrogens with zero attached hydrogens (tertiary/aromatic N) is 3. The van der Waals surface area contributed by atoms with E-state index < -0.39 is 0 Å². The minimum absolute atomic E-state index is 0.999. The van der Waals surface area contributed by atoms with Gasteiger partial charge in [-0.15, -0.1) is 11.3 Å². The molecule has 4 heterocycles. The fourth-order valence-electron chi connectivity index (χ4n) is 11.0. The maximum absolute atomic E-state index is 5.47. The molecular formula is C64H37N3S. The van der Waals surface area contributed by atoms with Gasteiger partial charge in [-0.05, 0) is 142 Å². The molecule has 0 N–H and O–H groups in total. The highest BCUT2D eigenvalue weighted by Gasteiger charge is 2.20. The molecule has 0 atom stereocenters. The zero-order valence-corrected chi connectivity index (χ0v) is 37.4. The number of imidazole rings is 1. The number of fused-ring (bicyclic) bond motifs is 14. The molecule has 0 saturated heterocycles. The van der Waals surface area contributed by atoms with Gasteiger partial charge >= 0.3 is 0 Å². The highest BCUT2D eigenvalue weighted by molar-refractivity contribution is 7.26. The van der Waals surface area contributed by atoms with Crippen molar-refractivity contribution in [3.8, 4) is 44.6 Å². The molecule has 0 saturated carbocycles. The maximum Gasteiger partial charge on any atom is 0.156 e. The van der Waals surface area contributed by atoms with E-state index in [1.54, 1.807) is 0 Å². The van der Waals surface area contributed by atoms with Crippen LogP contribution in [-0.4, -0.2) is 14.4 Å². The topological polar surface area (TPSA) is 30.2 Å². The number of aromatic nitrogens is 3. The standard InChI is InChI=1S/C64H37N3S/c1-2-11-43-31-48-35-60-58(34-47(48)30-42(43)10-1)66-64-63-57(56-32-44-12-3-4-13-45(44)36-61(56)68-63)37-59(67(60)64)41-25-23-39(24-26-41)50-28-27-49(51-15-5-6-16-52(50)51)38-19-21-40(22-20-38)55-33-46-14-9-29-65-62(46)54-18-8-7-17-53(54)55/h1-37H. The Kier molecular flexibility index (Phi) is 7.94. The van der Waals surface area contributed by atoms with Gasteiger partial charge in [0.1, 0.15) is 0 Å². The Morgan fingerprint density at radius 1 is 0.353 bits per heavy atom. The molecule has 0 spiro atoms. The molecule has 0 radical (unpaired) electrons. The van der Waals surface area contributed by atoms with Crippen molar-refractivity contribution in [2.24, 2.45) is 0 Å². The zero-order valence-electron chi connectivity index (χ0n) is 36.6. The van der Waals surface area contributed by atoms with Crippen LogP contribution in [0.25, 0.3) is 146 Å². The minimum atomic E-state index is 0.999. The first-order valence-electron chi connectivity index (χ1n) is 23.2. The third kappa shape index (κ3) is 5.65. The van der Waals surface area contributed by atoms with Gasteiger partial charge in [-0.25, -0.2) is 4.98 Å². The summed E-state index contributed by atoms with van der Waals surface area (Å²) in [5, 5.41) is 15.9. The molecule has 68 heavy (non-hydrogen) atoms. The number of rotatable bonds is 4. The van der Waals surface area contributed by atoms with Gasteiger partial charge in [0.15, 0.2) is 5.65 Å². The van der Waals surface area contributed by atoms with Crippen LogP contribution in [0.4, 0.5) is 0 Å². The van der Waals surface area contributed by atoms with Crippen molar-refractivity contribution in [2.75, 3.05) is 0 Å². The Hall–Kier alpha value is -8.70. The summed E-state index contributed by atoms with van der Waals surface area (Å²) >= 11 is 1.85. The normalized spacial score (nSPS) is 12.1. The average molecular weight is 880 g/mol. The molecule has 4 aromatic heterocycles. The van der Waals surface area contributed by atoms with Gasteiger partial charge in [0.05, 0.1) is 26.9 Å². The molecule has 11 aromatic carbocycles. The molecule has 15 aromatic rings. The van der Waals surface area contributed by atoms with E-state index in [1.165, 1.54) is 107 Å². The Bertz CT molecular complexity index is 4580. The van der Waals surface area contributed by atoms with Gasteiger partial charge in [0.2, 0.25) is 0 Å². The number of thiophene rings is 1. The first-order valence-corrected chi connectivity index (χ1v) is 24.0. The van der Waals surface area contributed by atoms with E-state index in [1.807, 2.05) is 23.6 Å². The summed E-state index contributed by atoms with van der Waals surface area (Å²) in [6, 6.07) is 80.4. The van der Waals surface area contributed by atoms with E-state index in [0.717, 1.165) is 38.8 Å². The van der Waals surface area contributed by atoms with E-state index in [9.17, 15) is 0 Å². The van der Waals surface area contributed by atoms with Crippen LogP contribution in [0.2, 0.25) is 0 Å². The molecule has 0 aliphatic rings. The second-order valence-corrected chi connectivity index (χ2v) is 19.2. The summed E-state index contributed by atoms with van der Waals surface area (Å²) < 4.78 is 4.90. The lowest BCUT2D eigenvalue weighted by Gasteiger charge is -2.14. The summed E-state index contributed by atoms with van der Waals surface area (Å²) in [5.74, 6) is 0. The quantitative estimate of drug-likeness (QED) is 0.130. The zero-order chi connectivity index (χ0) is 44.5. The van der Waals surface area contributed by atoms with Gasteiger partial charge in [-0.2, -0.15) is 0 Å². The lowest BCUT2D eigenvalue weighted by Crippen LogP contribution is -1.93. The van der Waals surface area contributed by atoms with Gasteiger partial charge < -0.3 is 0 Å². The molecular weight excluding hydrogens is 843 g/mol. The van der Waals surface area contributed by atoms with Crippen molar-refractivity contribution in [1.29, 1.82) is 0 Å². The van der Waals surface area contributed by atoms with Crippen LogP contribution in [0.15, 0.2) is 225 Å². The number of hydrogen-bond acceptors (Lipinski definition) is 3. The predicted octanol–water partition coefficient (Wildman–Crippen LogP) is 17.8. The van der Waals surface area contributed by atoms with Crippen molar-refractivity contribution < 1.29 is 0 Å². The van der Waals surface area contributed by atoms with Crippen LogP contribution in [0, 0.1) is 0 Å². The first kappa shape index (κ1) is 37.5. The SMILES string of the molecule is c1ccc2cc3cc4c(cc3cc2c1)nc1c2sc3cc5ccccc5cc3c2cc(-c2ccc(-c3ccc(-c5ccc(-c6cc7cccnc7c7ccccc67)cc5)c5ccccc35)cc2)n41. The number of pyridine rings is 2. The largest absolute Gasteiger partial charge is 0.291 e. The van der Waals surface area contributed by atoms with Crippen LogP contribution in [0.3, 0.4) is 0 Å². The smallest absolute Gasteiger partial charge is 0.156 e. The van der Waals surface area contributed by atoms with E-state index in [0.29, 0.717) is 0 Å².